The van der Waals surface area contributed by atoms with Gasteiger partial charge in [-0.15, -0.1) is 0 Å². The number of methoxy groups -OCH3 is 1. The van der Waals surface area contributed by atoms with Crippen LogP contribution in [0.4, 0.5) is 0 Å². The molecular formula is C42H75N2O11P. The number of phosphoric acid groups is 1. The summed E-state index contributed by atoms with van der Waals surface area (Å²) in [7, 11) is -3.62. The largest absolute Gasteiger partial charge is 0.478 e. The topological polar surface area (TPSA) is 201 Å². The predicted molar refractivity (Wildman–Crippen MR) is 215 cm³/mol. The Kier molecular flexibility index (Phi) is 18.5. The molecule has 2 saturated heterocycles. The van der Waals surface area contributed by atoms with E-state index in [4.69, 9.17) is 33.7 Å². The number of aliphatic hydroxyl groups is 3. The molecule has 0 aromatic heterocycles. The Bertz CT molecular complexity index is 1370. The zero-order valence-corrected chi connectivity index (χ0v) is 36.8. The van der Waals surface area contributed by atoms with Crippen molar-refractivity contribution in [2.24, 2.45) is 51.8 Å². The number of hydrogen-bond donors (Lipinski definition) is 5. The highest BCUT2D eigenvalue weighted by Crippen LogP contribution is 2.59. The maximum atomic E-state index is 12.4. The zero-order chi connectivity index (χ0) is 42.2. The first-order valence-electron chi connectivity index (χ1n) is 21.0. The summed E-state index contributed by atoms with van der Waals surface area (Å²) in [6.45, 7) is 20.3. The predicted octanol–water partition coefficient (Wildman–Crippen LogP) is 6.94. The highest BCUT2D eigenvalue weighted by molar-refractivity contribution is 7.46. The zero-order valence-electron chi connectivity index (χ0n) is 35.9. The van der Waals surface area contributed by atoms with Crippen LogP contribution in [-0.4, -0.2) is 99.3 Å². The van der Waals surface area contributed by atoms with E-state index in [0.717, 1.165) is 38.0 Å². The molecule has 0 aromatic carbocycles. The molecule has 0 saturated carbocycles. The van der Waals surface area contributed by atoms with Crippen LogP contribution in [0.1, 0.15) is 127 Å². The number of nitrogens with zero attached hydrogens (tertiary/aromatic N) is 2. The fraction of sp³-hybridized carbons (Fsp3) is 0.905. The maximum absolute atomic E-state index is 12.4. The molecule has 0 aliphatic carbocycles. The van der Waals surface area contributed by atoms with Crippen molar-refractivity contribution in [3.63, 3.8) is 0 Å². The molecule has 4 unspecified atom stereocenters. The van der Waals surface area contributed by atoms with E-state index < -0.39 is 67.7 Å². The summed E-state index contributed by atoms with van der Waals surface area (Å²) in [5.74, 6) is -0.282. The number of ether oxygens (including phenoxy) is 4. The second-order valence-electron chi connectivity index (χ2n) is 18.2. The van der Waals surface area contributed by atoms with Gasteiger partial charge in [0.05, 0.1) is 36.6 Å². The normalized spacial score (nSPS) is 32.9. The van der Waals surface area contributed by atoms with E-state index in [2.05, 4.69) is 40.7 Å². The van der Waals surface area contributed by atoms with E-state index in [9.17, 15) is 29.7 Å². The lowest BCUT2D eigenvalue weighted by Gasteiger charge is -2.50. The van der Waals surface area contributed by atoms with Gasteiger partial charge in [-0.25, -0.2) is 9.56 Å². The van der Waals surface area contributed by atoms with Crippen molar-refractivity contribution >= 4 is 13.7 Å². The summed E-state index contributed by atoms with van der Waals surface area (Å²) < 4.78 is 43.1. The molecule has 0 bridgehead atoms. The molecule has 14 heteroatoms. The van der Waals surface area contributed by atoms with Crippen molar-refractivity contribution in [3.05, 3.63) is 12.2 Å². The molecule has 13 nitrogen and oxygen atoms in total. The Labute approximate surface area is 336 Å². The minimum atomic E-state index is -5.06. The van der Waals surface area contributed by atoms with Gasteiger partial charge in [-0.05, 0) is 49.4 Å². The number of phosphoric ester groups is 1. The second-order valence-corrected chi connectivity index (χ2v) is 19.4. The third-order valence-electron chi connectivity index (χ3n) is 13.4. The molecule has 3 aliphatic rings. The maximum Gasteiger partial charge on any atom is 0.469 e. The van der Waals surface area contributed by atoms with Crippen molar-refractivity contribution in [1.82, 2.24) is 0 Å². The van der Waals surface area contributed by atoms with E-state index in [1.807, 2.05) is 26.0 Å². The van der Waals surface area contributed by atoms with Gasteiger partial charge in [0.25, 0.3) is 0 Å². The summed E-state index contributed by atoms with van der Waals surface area (Å²) >= 11 is 0. The van der Waals surface area contributed by atoms with Gasteiger partial charge in [0, 0.05) is 49.5 Å². The SMILES string of the molecule is CC[C@H](C)C1=NC(/C=C/C[C@@H]2O[C@]3(C[C@@H](O)[C@@H]2C)O[C@H]([C@H](C[C@H](O)[C@H](C)[C@H](O)[C@H](C)CC(C)C(C)CCCC(C)CC#N)OC)[C@H](OP(=O)(O)O)C3(C)C)CO1. The number of hydrogen-bond acceptors (Lipinski definition) is 11. The van der Waals surface area contributed by atoms with Crippen molar-refractivity contribution in [2.75, 3.05) is 13.7 Å². The van der Waals surface area contributed by atoms with Crippen LogP contribution < -0.4 is 0 Å². The van der Waals surface area contributed by atoms with Crippen LogP contribution in [0.5, 0.6) is 0 Å². The molecule has 3 heterocycles. The fourth-order valence-corrected chi connectivity index (χ4v) is 9.39. The van der Waals surface area contributed by atoms with Crippen molar-refractivity contribution in [3.8, 4) is 6.07 Å². The summed E-state index contributed by atoms with van der Waals surface area (Å²) in [5, 5.41) is 43.4. The summed E-state index contributed by atoms with van der Waals surface area (Å²) in [5.41, 5.74) is -1.20. The van der Waals surface area contributed by atoms with Crippen LogP contribution in [0, 0.1) is 58.2 Å². The van der Waals surface area contributed by atoms with Gasteiger partial charge in [-0.3, -0.25) is 4.52 Å². The highest BCUT2D eigenvalue weighted by Gasteiger charge is 2.68. The molecule has 0 amide bonds. The Hall–Kier alpha value is -1.43. The van der Waals surface area contributed by atoms with Crippen molar-refractivity contribution < 1.29 is 53.1 Å². The van der Waals surface area contributed by atoms with Crippen LogP contribution in [0.3, 0.4) is 0 Å². The number of nitriles is 1. The van der Waals surface area contributed by atoms with Gasteiger partial charge < -0.3 is 44.1 Å². The quantitative estimate of drug-likeness (QED) is 0.0558. The first kappa shape index (κ1) is 48.9. The standard InChI is InChI=1S/C42H75N2O11P/c1-12-26(3)40-44-32(24-52-40)17-14-18-35-30(7)34(46)23-42(53-35)41(9,10)39(55-56(48,49)50)38(54-42)36(51-11)22-33(45)31(8)37(47)29(6)21-28(5)27(4)16-13-15-25(2)19-20-43/h14,17,25-39,45-47H,12-13,15-16,18-19,21-24H2,1-11H3,(H2,48,49,50)/b17-14+/t25?,26-,27?,28?,29+,30-,31-,32?,33-,34+,35-,36-,37+,38+,39-,42+/m0/s1. The van der Waals surface area contributed by atoms with Gasteiger partial charge in [-0.2, -0.15) is 5.26 Å². The summed E-state index contributed by atoms with van der Waals surface area (Å²) in [6, 6.07) is 2.13. The summed E-state index contributed by atoms with van der Waals surface area (Å²) in [6.07, 6.45) is 3.28. The minimum absolute atomic E-state index is 0.0140. The molecule has 16 atom stereocenters. The third-order valence-corrected chi connectivity index (χ3v) is 13.9. The Balaban J connectivity index is 1.75. The van der Waals surface area contributed by atoms with Crippen molar-refractivity contribution in [2.45, 2.75) is 182 Å². The molecule has 3 aliphatic heterocycles. The summed E-state index contributed by atoms with van der Waals surface area (Å²) in [4.78, 5) is 24.9. The molecular weight excluding hydrogens is 739 g/mol. The van der Waals surface area contributed by atoms with Crippen LogP contribution >= 0.6 is 7.82 Å². The molecule has 0 radical (unpaired) electrons. The molecule has 3 rings (SSSR count). The van der Waals surface area contributed by atoms with Gasteiger partial charge in [0.2, 0.25) is 0 Å². The number of aliphatic imine (C=N–C) groups is 1. The molecule has 2 fully saturated rings. The molecule has 56 heavy (non-hydrogen) atoms. The van der Waals surface area contributed by atoms with E-state index in [1.54, 1.807) is 20.8 Å². The fourth-order valence-electron chi connectivity index (χ4n) is 8.71. The third kappa shape index (κ3) is 12.5. The van der Waals surface area contributed by atoms with E-state index in [0.29, 0.717) is 37.2 Å². The first-order valence-corrected chi connectivity index (χ1v) is 22.5. The number of aliphatic hydroxyl groups excluding tert-OH is 3. The Morgan fingerprint density at radius 3 is 2.34 bits per heavy atom. The van der Waals surface area contributed by atoms with E-state index in [1.165, 1.54) is 7.11 Å². The van der Waals surface area contributed by atoms with Gasteiger partial charge in [-0.1, -0.05) is 94.2 Å². The minimum Gasteiger partial charge on any atom is -0.478 e. The van der Waals surface area contributed by atoms with Gasteiger partial charge >= 0.3 is 7.82 Å². The van der Waals surface area contributed by atoms with Gasteiger partial charge in [0.1, 0.15) is 24.9 Å². The number of rotatable bonds is 22. The van der Waals surface area contributed by atoms with Crippen LogP contribution in [0.25, 0.3) is 0 Å². The van der Waals surface area contributed by atoms with Crippen LogP contribution in [-0.2, 0) is 28.0 Å². The molecule has 324 valence electrons. The van der Waals surface area contributed by atoms with E-state index in [-0.39, 0.29) is 36.6 Å². The molecule has 0 aromatic rings. The van der Waals surface area contributed by atoms with Crippen molar-refractivity contribution in [1.29, 1.82) is 5.26 Å². The molecule has 5 N–H and O–H groups in total. The Morgan fingerprint density at radius 2 is 1.73 bits per heavy atom. The second kappa shape index (κ2) is 21.2. The average molecular weight is 815 g/mol. The average Bonchev–Trinajstić information content (AvgIpc) is 3.68. The Morgan fingerprint density at radius 1 is 1.05 bits per heavy atom. The van der Waals surface area contributed by atoms with Gasteiger partial charge in [0.15, 0.2) is 11.7 Å². The lowest BCUT2D eigenvalue weighted by Crippen LogP contribution is -2.58. The highest BCUT2D eigenvalue weighted by atomic mass is 31.2. The molecule has 1 spiro atoms. The smallest absolute Gasteiger partial charge is 0.469 e. The van der Waals surface area contributed by atoms with E-state index >= 15 is 0 Å². The van der Waals surface area contributed by atoms with Crippen LogP contribution in [0.15, 0.2) is 17.1 Å². The lowest BCUT2D eigenvalue weighted by atomic mass is 9.72. The monoisotopic (exact) mass is 815 g/mol. The lowest BCUT2D eigenvalue weighted by molar-refractivity contribution is -0.334. The first-order chi connectivity index (χ1) is 26.1. The van der Waals surface area contributed by atoms with Crippen LogP contribution in [0.2, 0.25) is 0 Å².